The number of carbonyl (C=O) groups excluding carboxylic acids is 1. The highest BCUT2D eigenvalue weighted by molar-refractivity contribution is 6.03. The third-order valence-corrected chi connectivity index (χ3v) is 2.57. The molecule has 5 nitrogen and oxygen atoms in total. The van der Waals surface area contributed by atoms with Crippen LogP contribution in [0.3, 0.4) is 0 Å². The first-order valence-electron chi connectivity index (χ1n) is 4.69. The number of carboxylic acids is 1. The largest absolute Gasteiger partial charge is 0.480 e. The Morgan fingerprint density at radius 2 is 1.86 bits per heavy atom. The van der Waals surface area contributed by atoms with Crippen LogP contribution < -0.4 is 0 Å². The molecule has 0 spiro atoms. The smallest absolute Gasteiger partial charge is 0.324 e. The van der Waals surface area contributed by atoms with E-state index in [-0.39, 0.29) is 19.1 Å². The molecule has 1 rings (SSSR count). The van der Waals surface area contributed by atoms with Crippen molar-refractivity contribution in [3.8, 4) is 0 Å². The second-order valence-electron chi connectivity index (χ2n) is 3.36. The summed E-state index contributed by atoms with van der Waals surface area (Å²) in [7, 11) is 0. The molecule has 0 aromatic heterocycles. The summed E-state index contributed by atoms with van der Waals surface area (Å²) in [6, 6.07) is 0. The van der Waals surface area contributed by atoms with Gasteiger partial charge in [0.1, 0.15) is 0 Å². The molecule has 0 aliphatic carbocycles. The summed E-state index contributed by atoms with van der Waals surface area (Å²) in [5, 5.41) is 8.97. The molecule has 80 valence electrons. The highest BCUT2D eigenvalue weighted by Gasteiger charge is 2.54. The van der Waals surface area contributed by atoms with Gasteiger partial charge in [-0.05, 0) is 13.8 Å². The fourth-order valence-corrected chi connectivity index (χ4v) is 1.46. The van der Waals surface area contributed by atoms with Crippen LogP contribution >= 0.6 is 0 Å². The molecule has 14 heavy (non-hydrogen) atoms. The Hall–Kier alpha value is -1.10. The highest BCUT2D eigenvalue weighted by atomic mass is 16.5. The minimum atomic E-state index is -1.31. The zero-order valence-corrected chi connectivity index (χ0v) is 8.45. The first kappa shape index (κ1) is 11.0. The predicted molar refractivity (Wildman–Crippen MR) is 48.8 cm³/mol. The van der Waals surface area contributed by atoms with Gasteiger partial charge in [0.25, 0.3) is 0 Å². The van der Waals surface area contributed by atoms with Crippen molar-refractivity contribution in [3.63, 3.8) is 0 Å². The summed E-state index contributed by atoms with van der Waals surface area (Å²) >= 11 is 0. The molecule has 5 heteroatoms. The fourth-order valence-electron chi connectivity index (χ4n) is 1.46. The second-order valence-corrected chi connectivity index (χ2v) is 3.36. The lowest BCUT2D eigenvalue weighted by Gasteiger charge is -2.39. The number of hydrogen-bond acceptors (Lipinski definition) is 3. The third kappa shape index (κ3) is 1.48. The topological polar surface area (TPSA) is 66.8 Å². The highest BCUT2D eigenvalue weighted by Crippen LogP contribution is 2.30. The summed E-state index contributed by atoms with van der Waals surface area (Å²) in [6.45, 7) is 4.72. The van der Waals surface area contributed by atoms with Gasteiger partial charge in [0.05, 0.1) is 13.2 Å². The van der Waals surface area contributed by atoms with E-state index in [0.29, 0.717) is 13.1 Å². The summed E-state index contributed by atoms with van der Waals surface area (Å²) in [6.07, 6.45) is 0. The van der Waals surface area contributed by atoms with E-state index >= 15 is 0 Å². The van der Waals surface area contributed by atoms with Crippen LogP contribution in [0.5, 0.6) is 0 Å². The lowest BCUT2D eigenvalue weighted by molar-refractivity contribution is -0.191. The molecule has 1 heterocycles. The lowest BCUT2D eigenvalue weighted by Crippen LogP contribution is -2.59. The normalized spacial score (nSPS) is 18.4. The number of ether oxygens (including phenoxy) is 1. The van der Waals surface area contributed by atoms with E-state index in [0.717, 1.165) is 0 Å². The third-order valence-electron chi connectivity index (χ3n) is 2.57. The number of carbonyl (C=O) groups is 2. The Labute approximate surface area is 82.6 Å². The quantitative estimate of drug-likeness (QED) is 0.648. The van der Waals surface area contributed by atoms with Crippen LogP contribution in [0.2, 0.25) is 0 Å². The van der Waals surface area contributed by atoms with E-state index < -0.39 is 11.4 Å². The molecule has 1 aliphatic rings. The molecular formula is C9H15NO4. The molecule has 1 aliphatic heterocycles. The van der Waals surface area contributed by atoms with Crippen LogP contribution in [-0.4, -0.2) is 48.2 Å². The SMILES string of the molecule is CCN(CC)C(=O)C1(C(=O)O)COC1. The number of aliphatic carboxylic acids is 1. The van der Waals surface area contributed by atoms with Crippen molar-refractivity contribution < 1.29 is 19.4 Å². The zero-order valence-electron chi connectivity index (χ0n) is 8.45. The monoisotopic (exact) mass is 201 g/mol. The molecule has 0 aromatic rings. The van der Waals surface area contributed by atoms with Crippen molar-refractivity contribution in [2.24, 2.45) is 5.41 Å². The molecular weight excluding hydrogens is 186 g/mol. The van der Waals surface area contributed by atoms with Gasteiger partial charge >= 0.3 is 5.97 Å². The molecule has 1 amide bonds. The maximum Gasteiger partial charge on any atom is 0.324 e. The van der Waals surface area contributed by atoms with Gasteiger partial charge in [0, 0.05) is 13.1 Å². The zero-order chi connectivity index (χ0) is 10.8. The van der Waals surface area contributed by atoms with Crippen LogP contribution in [0.1, 0.15) is 13.8 Å². The van der Waals surface area contributed by atoms with Crippen molar-refractivity contribution in [2.45, 2.75) is 13.8 Å². The van der Waals surface area contributed by atoms with Crippen molar-refractivity contribution in [3.05, 3.63) is 0 Å². The average Bonchev–Trinajstić information content (AvgIpc) is 2.03. The predicted octanol–water partition coefficient (Wildman–Crippen LogP) is -0.0440. The van der Waals surface area contributed by atoms with Gasteiger partial charge in [-0.3, -0.25) is 9.59 Å². The van der Waals surface area contributed by atoms with Gasteiger partial charge in [0.15, 0.2) is 5.41 Å². The van der Waals surface area contributed by atoms with Crippen molar-refractivity contribution in [1.29, 1.82) is 0 Å². The summed E-state index contributed by atoms with van der Waals surface area (Å²) in [5.41, 5.74) is -1.31. The molecule has 0 saturated carbocycles. The van der Waals surface area contributed by atoms with Crippen LogP contribution in [-0.2, 0) is 14.3 Å². The minimum Gasteiger partial charge on any atom is -0.480 e. The Kier molecular flexibility index (Phi) is 3.10. The molecule has 1 fully saturated rings. The van der Waals surface area contributed by atoms with E-state index in [1.54, 1.807) is 0 Å². The molecule has 1 saturated heterocycles. The Morgan fingerprint density at radius 3 is 2.07 bits per heavy atom. The van der Waals surface area contributed by atoms with Crippen molar-refractivity contribution in [2.75, 3.05) is 26.3 Å². The average molecular weight is 201 g/mol. The van der Waals surface area contributed by atoms with Crippen LogP contribution in [0, 0.1) is 5.41 Å². The second kappa shape index (κ2) is 3.96. The molecule has 0 unspecified atom stereocenters. The molecule has 0 aromatic carbocycles. The number of amides is 1. The molecule has 0 radical (unpaired) electrons. The van der Waals surface area contributed by atoms with Gasteiger partial charge in [-0.15, -0.1) is 0 Å². The van der Waals surface area contributed by atoms with E-state index in [1.807, 2.05) is 13.8 Å². The summed E-state index contributed by atoms with van der Waals surface area (Å²) < 4.78 is 4.83. The van der Waals surface area contributed by atoms with Gasteiger partial charge in [-0.1, -0.05) is 0 Å². The van der Waals surface area contributed by atoms with Crippen molar-refractivity contribution in [1.82, 2.24) is 4.90 Å². The van der Waals surface area contributed by atoms with Crippen LogP contribution in [0.25, 0.3) is 0 Å². The number of nitrogens with zero attached hydrogens (tertiary/aromatic N) is 1. The summed E-state index contributed by atoms with van der Waals surface area (Å²) in [4.78, 5) is 24.3. The first-order chi connectivity index (χ1) is 6.58. The molecule has 0 bridgehead atoms. The standard InChI is InChI=1S/C9H15NO4/c1-3-10(4-2)7(11)9(8(12)13)5-14-6-9/h3-6H2,1-2H3,(H,12,13). The lowest BCUT2D eigenvalue weighted by atomic mass is 9.84. The van der Waals surface area contributed by atoms with Gasteiger partial charge in [0.2, 0.25) is 5.91 Å². The minimum absolute atomic E-state index is 0.00231. The van der Waals surface area contributed by atoms with E-state index in [2.05, 4.69) is 0 Å². The van der Waals surface area contributed by atoms with Crippen LogP contribution in [0.4, 0.5) is 0 Å². The maximum absolute atomic E-state index is 11.8. The Bertz CT molecular complexity index is 243. The Morgan fingerprint density at radius 1 is 1.36 bits per heavy atom. The van der Waals surface area contributed by atoms with Gasteiger partial charge in [-0.2, -0.15) is 0 Å². The number of hydrogen-bond donors (Lipinski definition) is 1. The molecule has 0 atom stereocenters. The van der Waals surface area contributed by atoms with Gasteiger partial charge < -0.3 is 14.7 Å². The number of carboxylic acid groups (broad SMARTS) is 1. The van der Waals surface area contributed by atoms with Crippen molar-refractivity contribution >= 4 is 11.9 Å². The van der Waals surface area contributed by atoms with E-state index in [1.165, 1.54) is 4.90 Å². The number of rotatable bonds is 4. The van der Waals surface area contributed by atoms with E-state index in [4.69, 9.17) is 9.84 Å². The van der Waals surface area contributed by atoms with E-state index in [9.17, 15) is 9.59 Å². The molecule has 1 N–H and O–H groups in total. The van der Waals surface area contributed by atoms with Crippen LogP contribution in [0.15, 0.2) is 0 Å². The first-order valence-corrected chi connectivity index (χ1v) is 4.69. The fraction of sp³-hybridized carbons (Fsp3) is 0.778. The van der Waals surface area contributed by atoms with Gasteiger partial charge in [-0.25, -0.2) is 0 Å². The summed E-state index contributed by atoms with van der Waals surface area (Å²) in [5.74, 6) is -1.41. The Balaban J connectivity index is 2.79. The maximum atomic E-state index is 11.8.